The quantitative estimate of drug-likeness (QED) is 0.464. The molecule has 0 amide bonds. The van der Waals surface area contributed by atoms with Crippen molar-refractivity contribution in [2.24, 2.45) is 0 Å². The van der Waals surface area contributed by atoms with Gasteiger partial charge in [0.05, 0.1) is 11.7 Å². The van der Waals surface area contributed by atoms with Crippen LogP contribution in [0.1, 0.15) is 37.9 Å². The molecule has 8 nitrogen and oxygen atoms in total. The summed E-state index contributed by atoms with van der Waals surface area (Å²) in [5, 5.41) is 15.7. The number of tetrazole rings is 1. The van der Waals surface area contributed by atoms with Gasteiger partial charge in [-0.3, -0.25) is 0 Å². The molecule has 1 atom stereocenters. The molecule has 1 unspecified atom stereocenters. The lowest BCUT2D eigenvalue weighted by Crippen LogP contribution is -2.31. The van der Waals surface area contributed by atoms with Crippen LogP contribution in [0.3, 0.4) is 0 Å². The van der Waals surface area contributed by atoms with Gasteiger partial charge in [0.25, 0.3) is 0 Å². The molecule has 10 heteroatoms. The van der Waals surface area contributed by atoms with Crippen molar-refractivity contribution >= 4 is 39.4 Å². The molecule has 0 spiro atoms. The minimum Gasteiger partial charge on any atom is -0.489 e. The highest BCUT2D eigenvalue weighted by molar-refractivity contribution is 9.10. The van der Waals surface area contributed by atoms with Crippen molar-refractivity contribution in [3.05, 3.63) is 74.4 Å². The largest absolute Gasteiger partial charge is 0.489 e. The van der Waals surface area contributed by atoms with E-state index < -0.39 is 12.0 Å². The maximum Gasteiger partial charge on any atom is 0.338 e. The fraction of sp³-hybridized carbons (Fsp3) is 0.273. The predicted molar refractivity (Wildman–Crippen MR) is 123 cm³/mol. The fourth-order valence-electron chi connectivity index (χ4n) is 3.45. The maximum atomic E-state index is 13.1. The summed E-state index contributed by atoms with van der Waals surface area (Å²) < 4.78 is 14.1. The zero-order valence-electron chi connectivity index (χ0n) is 17.7. The van der Waals surface area contributed by atoms with Gasteiger partial charge in [-0.1, -0.05) is 44.8 Å². The van der Waals surface area contributed by atoms with Crippen LogP contribution in [-0.2, 0) is 16.1 Å². The molecule has 166 valence electrons. The van der Waals surface area contributed by atoms with Gasteiger partial charge in [0.15, 0.2) is 0 Å². The number of nitrogens with zero attached hydrogens (tertiary/aromatic N) is 4. The number of esters is 1. The van der Waals surface area contributed by atoms with Crippen molar-refractivity contribution in [2.45, 2.75) is 39.5 Å². The van der Waals surface area contributed by atoms with Gasteiger partial charge in [-0.05, 0) is 67.1 Å². The number of allylic oxidation sites excluding steroid dienone is 1. The summed E-state index contributed by atoms with van der Waals surface area (Å²) in [5.74, 6) is 0.580. The number of hydrogen-bond acceptors (Lipinski definition) is 7. The molecule has 1 N–H and O–H groups in total. The predicted octanol–water partition coefficient (Wildman–Crippen LogP) is 4.91. The van der Waals surface area contributed by atoms with E-state index in [1.165, 1.54) is 0 Å². The monoisotopic (exact) mass is 517 g/mol. The summed E-state index contributed by atoms with van der Waals surface area (Å²) in [6.45, 7) is 5.74. The first kappa shape index (κ1) is 22.3. The van der Waals surface area contributed by atoms with Gasteiger partial charge in [-0.25, -0.2) is 4.79 Å². The van der Waals surface area contributed by atoms with Crippen molar-refractivity contribution in [3.8, 4) is 5.75 Å². The van der Waals surface area contributed by atoms with E-state index in [1.54, 1.807) is 25.5 Å². The molecule has 2 heterocycles. The number of nitrogens with one attached hydrogen (secondary N) is 1. The highest BCUT2D eigenvalue weighted by atomic mass is 79.9. The Balaban J connectivity index is 1.76. The molecular formula is C22H21BrClN5O3. The van der Waals surface area contributed by atoms with Crippen LogP contribution in [0.4, 0.5) is 5.95 Å². The van der Waals surface area contributed by atoms with Gasteiger partial charge in [0.2, 0.25) is 5.95 Å². The molecule has 32 heavy (non-hydrogen) atoms. The number of hydrogen-bond donors (Lipinski definition) is 1. The molecule has 0 saturated carbocycles. The van der Waals surface area contributed by atoms with Crippen molar-refractivity contribution in [1.29, 1.82) is 0 Å². The van der Waals surface area contributed by atoms with Crippen molar-refractivity contribution < 1.29 is 14.3 Å². The second-order valence-electron chi connectivity index (χ2n) is 7.56. The number of carbonyl (C=O) groups excluding carboxylic acids is 1. The summed E-state index contributed by atoms with van der Waals surface area (Å²) in [6, 6.07) is 12.4. The molecule has 1 aromatic heterocycles. The highest BCUT2D eigenvalue weighted by Crippen LogP contribution is 2.40. The maximum absolute atomic E-state index is 13.1. The number of carbonyl (C=O) groups is 1. The standard InChI is InChI=1S/C22H21BrClN5O3/c1-12(2)32-21(30)19-13(3)25-22-26-27-28-29(22)20(19)17-10-15(23)6-9-18(17)31-11-14-4-7-16(24)8-5-14/h4-10,12,20H,11H2,1-3H3,(H,25,26,28). The van der Waals surface area contributed by atoms with Gasteiger partial charge in [0, 0.05) is 20.8 Å². The van der Waals surface area contributed by atoms with Crippen LogP contribution in [0.2, 0.25) is 5.02 Å². The lowest BCUT2D eigenvalue weighted by atomic mass is 9.95. The van der Waals surface area contributed by atoms with Gasteiger partial charge in [-0.2, -0.15) is 4.68 Å². The van der Waals surface area contributed by atoms with Crippen LogP contribution in [0.5, 0.6) is 5.75 Å². The van der Waals surface area contributed by atoms with Gasteiger partial charge < -0.3 is 14.8 Å². The zero-order valence-corrected chi connectivity index (χ0v) is 20.0. The Morgan fingerprint density at radius 1 is 1.25 bits per heavy atom. The normalized spacial score (nSPS) is 15.4. The minimum absolute atomic E-state index is 0.276. The summed E-state index contributed by atoms with van der Waals surface area (Å²) in [5.41, 5.74) is 2.71. The number of aromatic nitrogens is 4. The summed E-state index contributed by atoms with van der Waals surface area (Å²) in [6.07, 6.45) is -0.276. The molecule has 0 fully saturated rings. The van der Waals surface area contributed by atoms with Crippen LogP contribution in [0, 0.1) is 0 Å². The molecule has 3 aromatic rings. The van der Waals surface area contributed by atoms with Crippen LogP contribution in [-0.4, -0.2) is 32.3 Å². The molecule has 0 radical (unpaired) electrons. The molecule has 0 aliphatic carbocycles. The Morgan fingerprint density at radius 2 is 2.00 bits per heavy atom. The number of rotatable bonds is 6. The third-order valence-corrected chi connectivity index (χ3v) is 5.60. The SMILES string of the molecule is CC1=C(C(=O)OC(C)C)C(c2cc(Br)ccc2OCc2ccc(Cl)cc2)n2nnnc2N1. The Bertz CT molecular complexity index is 1180. The van der Waals surface area contributed by atoms with Crippen LogP contribution in [0.15, 0.2) is 58.2 Å². The van der Waals surface area contributed by atoms with Crippen molar-refractivity contribution in [2.75, 3.05) is 5.32 Å². The average Bonchev–Trinajstić information content (AvgIpc) is 3.20. The first-order chi connectivity index (χ1) is 15.3. The van der Waals surface area contributed by atoms with Crippen molar-refractivity contribution in [3.63, 3.8) is 0 Å². The van der Waals surface area contributed by atoms with Crippen LogP contribution in [0.25, 0.3) is 0 Å². The lowest BCUT2D eigenvalue weighted by molar-refractivity contribution is -0.143. The van der Waals surface area contributed by atoms with E-state index in [9.17, 15) is 4.79 Å². The van der Waals surface area contributed by atoms with E-state index in [0.29, 0.717) is 34.6 Å². The molecular weight excluding hydrogens is 498 g/mol. The highest BCUT2D eigenvalue weighted by Gasteiger charge is 2.37. The topological polar surface area (TPSA) is 91.2 Å². The van der Waals surface area contributed by atoms with Gasteiger partial charge in [-0.15, -0.1) is 0 Å². The van der Waals surface area contributed by atoms with Gasteiger partial charge in [0.1, 0.15) is 18.4 Å². The van der Waals surface area contributed by atoms with Crippen LogP contribution >= 0.6 is 27.5 Å². The summed E-state index contributed by atoms with van der Waals surface area (Å²) in [4.78, 5) is 13.1. The smallest absolute Gasteiger partial charge is 0.338 e. The number of ether oxygens (including phenoxy) is 2. The van der Waals surface area contributed by atoms with E-state index in [0.717, 1.165) is 15.6 Å². The zero-order chi connectivity index (χ0) is 22.8. The molecule has 0 saturated heterocycles. The Hall–Kier alpha value is -2.91. The molecule has 0 bridgehead atoms. The molecule has 2 aromatic carbocycles. The minimum atomic E-state index is -0.634. The Morgan fingerprint density at radius 3 is 2.72 bits per heavy atom. The third-order valence-electron chi connectivity index (χ3n) is 4.85. The third kappa shape index (κ3) is 4.63. The number of fused-ring (bicyclic) bond motifs is 1. The van der Waals surface area contributed by atoms with E-state index >= 15 is 0 Å². The van der Waals surface area contributed by atoms with E-state index in [2.05, 4.69) is 36.8 Å². The number of benzene rings is 2. The molecule has 1 aliphatic heterocycles. The van der Waals surface area contributed by atoms with Crippen LogP contribution < -0.4 is 10.1 Å². The van der Waals surface area contributed by atoms with E-state index in [4.69, 9.17) is 21.1 Å². The second-order valence-corrected chi connectivity index (χ2v) is 8.92. The first-order valence-corrected chi connectivity index (χ1v) is 11.1. The number of halogens is 2. The molecule has 1 aliphatic rings. The van der Waals surface area contributed by atoms with E-state index in [-0.39, 0.29) is 6.10 Å². The summed E-state index contributed by atoms with van der Waals surface area (Å²) >= 11 is 9.51. The fourth-order valence-corrected chi connectivity index (χ4v) is 3.95. The van der Waals surface area contributed by atoms with E-state index in [1.807, 2.05) is 42.5 Å². The average molecular weight is 519 g/mol. The lowest BCUT2D eigenvalue weighted by Gasteiger charge is -2.29. The Kier molecular flexibility index (Phi) is 6.48. The summed E-state index contributed by atoms with van der Waals surface area (Å²) in [7, 11) is 0. The molecule has 4 rings (SSSR count). The second kappa shape index (κ2) is 9.30. The van der Waals surface area contributed by atoms with Crippen molar-refractivity contribution in [1.82, 2.24) is 20.2 Å². The first-order valence-electron chi connectivity index (χ1n) is 9.97. The Labute approximate surface area is 198 Å². The number of anilines is 1. The van der Waals surface area contributed by atoms with Gasteiger partial charge >= 0.3 is 5.97 Å².